The highest BCUT2D eigenvalue weighted by Crippen LogP contribution is 2.33. The molecule has 0 aliphatic carbocycles. The highest BCUT2D eigenvalue weighted by molar-refractivity contribution is 6.35. The summed E-state index contributed by atoms with van der Waals surface area (Å²) in [6, 6.07) is 7.27. The van der Waals surface area contributed by atoms with Crippen LogP contribution >= 0.6 is 0 Å². The molecule has 8 nitrogen and oxygen atoms in total. The number of hydrogen-bond acceptors (Lipinski definition) is 7. The van der Waals surface area contributed by atoms with E-state index in [0.717, 1.165) is 31.5 Å². The lowest BCUT2D eigenvalue weighted by Gasteiger charge is -2.36. The van der Waals surface area contributed by atoms with Crippen molar-refractivity contribution in [2.24, 2.45) is 0 Å². The standard InChI is InChI=1S/C22H29N3O5/c1-29-17-6-4-16(5-7-17)19-20(24-10-8-23(9-11-24)12-13-26)22(28)25(21(19)27)15-18-3-2-14-30-18/h4-7,18,26H,2-3,8-15H2,1H3. The van der Waals surface area contributed by atoms with Gasteiger partial charge in [-0.15, -0.1) is 0 Å². The number of β-amino-alcohol motifs (C(OH)–C–C–N with tert-alkyl or cyclic N) is 1. The van der Waals surface area contributed by atoms with Crippen molar-refractivity contribution < 1.29 is 24.2 Å². The van der Waals surface area contributed by atoms with E-state index < -0.39 is 0 Å². The van der Waals surface area contributed by atoms with E-state index in [1.165, 1.54) is 4.90 Å². The van der Waals surface area contributed by atoms with Gasteiger partial charge in [0.15, 0.2) is 0 Å². The molecule has 0 aromatic heterocycles. The molecule has 1 unspecified atom stereocenters. The molecule has 2 amide bonds. The van der Waals surface area contributed by atoms with Crippen LogP contribution in [0.2, 0.25) is 0 Å². The van der Waals surface area contributed by atoms with Crippen molar-refractivity contribution in [3.8, 4) is 5.75 Å². The van der Waals surface area contributed by atoms with E-state index in [9.17, 15) is 14.7 Å². The van der Waals surface area contributed by atoms with Crippen LogP contribution in [0, 0.1) is 0 Å². The SMILES string of the molecule is COc1ccc(C2=C(N3CCN(CCO)CC3)C(=O)N(CC3CCCO3)C2=O)cc1. The van der Waals surface area contributed by atoms with Gasteiger partial charge in [-0.3, -0.25) is 19.4 Å². The molecular weight excluding hydrogens is 386 g/mol. The van der Waals surface area contributed by atoms with Crippen LogP contribution in [-0.2, 0) is 14.3 Å². The van der Waals surface area contributed by atoms with Gasteiger partial charge in [0.1, 0.15) is 11.4 Å². The van der Waals surface area contributed by atoms with E-state index >= 15 is 0 Å². The van der Waals surface area contributed by atoms with Gasteiger partial charge < -0.3 is 19.5 Å². The maximum absolute atomic E-state index is 13.4. The minimum absolute atomic E-state index is 0.0873. The van der Waals surface area contributed by atoms with Gasteiger partial charge in [0.25, 0.3) is 11.8 Å². The number of nitrogens with zero attached hydrogens (tertiary/aromatic N) is 3. The van der Waals surface area contributed by atoms with Crippen molar-refractivity contribution in [3.05, 3.63) is 35.5 Å². The van der Waals surface area contributed by atoms with E-state index in [1.807, 2.05) is 17.0 Å². The van der Waals surface area contributed by atoms with Gasteiger partial charge in [-0.25, -0.2) is 0 Å². The number of hydrogen-bond donors (Lipinski definition) is 1. The second-order valence-corrected chi connectivity index (χ2v) is 7.86. The number of rotatable bonds is 7. The first kappa shape index (κ1) is 20.8. The van der Waals surface area contributed by atoms with Crippen molar-refractivity contribution in [1.82, 2.24) is 14.7 Å². The van der Waals surface area contributed by atoms with Crippen LogP contribution in [0.1, 0.15) is 18.4 Å². The van der Waals surface area contributed by atoms with Crippen LogP contribution in [0.3, 0.4) is 0 Å². The number of carbonyl (C=O) groups is 2. The summed E-state index contributed by atoms with van der Waals surface area (Å²) in [7, 11) is 1.60. The summed E-state index contributed by atoms with van der Waals surface area (Å²) in [5.74, 6) is 0.205. The molecule has 1 aromatic carbocycles. The third-order valence-electron chi connectivity index (χ3n) is 6.04. The molecule has 4 rings (SSSR count). The third kappa shape index (κ3) is 4.08. The van der Waals surface area contributed by atoms with Gasteiger partial charge in [-0.05, 0) is 30.5 Å². The average molecular weight is 415 g/mol. The predicted molar refractivity (Wildman–Crippen MR) is 111 cm³/mol. The van der Waals surface area contributed by atoms with Crippen molar-refractivity contribution >= 4 is 17.4 Å². The summed E-state index contributed by atoms with van der Waals surface area (Å²) < 4.78 is 10.9. The Bertz CT molecular complexity index is 809. The first-order valence-electron chi connectivity index (χ1n) is 10.6. The van der Waals surface area contributed by atoms with Crippen LogP contribution in [0.15, 0.2) is 30.0 Å². The van der Waals surface area contributed by atoms with Gasteiger partial charge in [-0.2, -0.15) is 0 Å². The highest BCUT2D eigenvalue weighted by Gasteiger charge is 2.43. The summed E-state index contributed by atoms with van der Waals surface area (Å²) in [5.41, 5.74) is 1.65. The number of piperazine rings is 1. The summed E-state index contributed by atoms with van der Waals surface area (Å²) in [4.78, 5) is 32.3. The van der Waals surface area contributed by atoms with E-state index in [4.69, 9.17) is 9.47 Å². The molecule has 1 N–H and O–H groups in total. The number of aliphatic hydroxyl groups is 1. The lowest BCUT2D eigenvalue weighted by Crippen LogP contribution is -2.48. The third-order valence-corrected chi connectivity index (χ3v) is 6.04. The van der Waals surface area contributed by atoms with Crippen LogP contribution in [0.5, 0.6) is 5.75 Å². The van der Waals surface area contributed by atoms with Crippen molar-refractivity contribution in [1.29, 1.82) is 0 Å². The number of ether oxygens (including phenoxy) is 2. The molecule has 3 aliphatic heterocycles. The molecule has 162 valence electrons. The molecule has 0 spiro atoms. The molecular formula is C22H29N3O5. The first-order chi connectivity index (χ1) is 14.6. The Balaban J connectivity index is 1.63. The molecule has 8 heteroatoms. The summed E-state index contributed by atoms with van der Waals surface area (Å²) in [6.07, 6.45) is 1.74. The Labute approximate surface area is 176 Å². The summed E-state index contributed by atoms with van der Waals surface area (Å²) >= 11 is 0. The molecule has 0 saturated carbocycles. The topological polar surface area (TPSA) is 82.6 Å². The fraction of sp³-hybridized carbons (Fsp3) is 0.545. The fourth-order valence-electron chi connectivity index (χ4n) is 4.37. The zero-order chi connectivity index (χ0) is 21.1. The molecule has 2 saturated heterocycles. The van der Waals surface area contributed by atoms with Crippen LogP contribution < -0.4 is 4.74 Å². The number of imide groups is 1. The quantitative estimate of drug-likeness (QED) is 0.652. The number of amides is 2. The molecule has 0 radical (unpaired) electrons. The zero-order valence-electron chi connectivity index (χ0n) is 17.4. The van der Waals surface area contributed by atoms with Gasteiger partial charge in [0.05, 0.1) is 31.9 Å². The average Bonchev–Trinajstić information content (AvgIpc) is 3.37. The van der Waals surface area contributed by atoms with Crippen molar-refractivity contribution in [2.75, 3.05) is 59.6 Å². The minimum atomic E-state index is -0.256. The fourth-order valence-corrected chi connectivity index (χ4v) is 4.37. The maximum Gasteiger partial charge on any atom is 0.277 e. The Morgan fingerprint density at radius 3 is 2.43 bits per heavy atom. The molecule has 3 aliphatic rings. The molecule has 3 heterocycles. The van der Waals surface area contributed by atoms with E-state index in [-0.39, 0.29) is 24.5 Å². The van der Waals surface area contributed by atoms with E-state index in [2.05, 4.69) is 4.90 Å². The number of aliphatic hydroxyl groups excluding tert-OH is 1. The minimum Gasteiger partial charge on any atom is -0.497 e. The molecule has 0 bridgehead atoms. The first-order valence-corrected chi connectivity index (χ1v) is 10.6. The zero-order valence-corrected chi connectivity index (χ0v) is 17.4. The van der Waals surface area contributed by atoms with Gasteiger partial charge in [0.2, 0.25) is 0 Å². The summed E-state index contributed by atoms with van der Waals surface area (Å²) in [6.45, 7) is 4.48. The number of methoxy groups -OCH3 is 1. The van der Waals surface area contributed by atoms with Crippen LogP contribution in [-0.4, -0.2) is 97.3 Å². The monoisotopic (exact) mass is 415 g/mol. The lowest BCUT2D eigenvalue weighted by molar-refractivity contribution is -0.139. The number of carbonyl (C=O) groups excluding carboxylic acids is 2. The molecule has 2 fully saturated rings. The summed E-state index contributed by atoms with van der Waals surface area (Å²) in [5, 5.41) is 9.18. The molecule has 30 heavy (non-hydrogen) atoms. The molecule has 1 aromatic rings. The van der Waals surface area contributed by atoms with Gasteiger partial charge >= 0.3 is 0 Å². The predicted octanol–water partition coefficient (Wildman–Crippen LogP) is 0.564. The number of benzene rings is 1. The van der Waals surface area contributed by atoms with Crippen LogP contribution in [0.4, 0.5) is 0 Å². The van der Waals surface area contributed by atoms with E-state index in [1.54, 1.807) is 19.2 Å². The Morgan fingerprint density at radius 1 is 1.10 bits per heavy atom. The Kier molecular flexibility index (Phi) is 6.36. The van der Waals surface area contributed by atoms with Crippen LogP contribution in [0.25, 0.3) is 5.57 Å². The smallest absolute Gasteiger partial charge is 0.277 e. The van der Waals surface area contributed by atoms with Gasteiger partial charge in [-0.1, -0.05) is 12.1 Å². The maximum atomic E-state index is 13.4. The molecule has 1 atom stereocenters. The van der Waals surface area contributed by atoms with Crippen molar-refractivity contribution in [2.45, 2.75) is 18.9 Å². The normalized spacial score (nSPS) is 23.1. The lowest BCUT2D eigenvalue weighted by atomic mass is 10.0. The van der Waals surface area contributed by atoms with Crippen molar-refractivity contribution in [3.63, 3.8) is 0 Å². The second kappa shape index (κ2) is 9.16. The second-order valence-electron chi connectivity index (χ2n) is 7.86. The Morgan fingerprint density at radius 2 is 1.83 bits per heavy atom. The van der Waals surface area contributed by atoms with E-state index in [0.29, 0.717) is 49.8 Å². The largest absolute Gasteiger partial charge is 0.497 e. The highest BCUT2D eigenvalue weighted by atomic mass is 16.5. The van der Waals surface area contributed by atoms with Gasteiger partial charge in [0, 0.05) is 39.3 Å². The Hall–Kier alpha value is -2.42.